The largest absolute Gasteiger partial charge is 0.384 e. The van der Waals surface area contributed by atoms with Gasteiger partial charge in [-0.15, -0.1) is 0 Å². The van der Waals surface area contributed by atoms with Gasteiger partial charge in [-0.25, -0.2) is 0 Å². The molecular weight excluding hydrogens is 262 g/mol. The van der Waals surface area contributed by atoms with Gasteiger partial charge in [-0.1, -0.05) is 31.3 Å². The second kappa shape index (κ2) is 7.28. The Morgan fingerprint density at radius 3 is 3.00 bits per heavy atom. The van der Waals surface area contributed by atoms with Crippen LogP contribution in [0.5, 0.6) is 0 Å². The van der Waals surface area contributed by atoms with Crippen molar-refractivity contribution in [3.8, 4) is 11.8 Å². The highest BCUT2D eigenvalue weighted by atomic mass is 16.2. The molecule has 0 saturated carbocycles. The van der Waals surface area contributed by atoms with Crippen LogP contribution in [0.2, 0.25) is 0 Å². The second-order valence-electron chi connectivity index (χ2n) is 5.66. The summed E-state index contributed by atoms with van der Waals surface area (Å²) in [4.78, 5) is 14.6. The molecule has 112 valence electrons. The molecule has 1 amide bonds. The van der Waals surface area contributed by atoms with Gasteiger partial charge in [0.05, 0.1) is 0 Å². The van der Waals surface area contributed by atoms with Crippen LogP contribution in [0.4, 0.5) is 0 Å². The Morgan fingerprint density at radius 1 is 1.48 bits per heavy atom. The fourth-order valence-electron chi connectivity index (χ4n) is 2.79. The van der Waals surface area contributed by atoms with E-state index in [9.17, 15) is 4.79 Å². The summed E-state index contributed by atoms with van der Waals surface area (Å²) in [6, 6.07) is 5.64. The number of hydrogen-bond acceptors (Lipinski definition) is 2. The fraction of sp³-hybridized carbons (Fsp3) is 0.500. The monoisotopic (exact) mass is 285 g/mol. The molecule has 1 N–H and O–H groups in total. The van der Waals surface area contributed by atoms with E-state index in [2.05, 4.69) is 18.8 Å². The minimum atomic E-state index is -0.165. The van der Waals surface area contributed by atoms with E-state index in [4.69, 9.17) is 5.11 Å². The molecular formula is C18H23NO2. The number of benzene rings is 1. The lowest BCUT2D eigenvalue weighted by molar-refractivity contribution is 0.0671. The summed E-state index contributed by atoms with van der Waals surface area (Å²) >= 11 is 0. The number of carbonyl (C=O) groups is 1. The van der Waals surface area contributed by atoms with Gasteiger partial charge in [0, 0.05) is 24.2 Å². The van der Waals surface area contributed by atoms with Gasteiger partial charge in [0.2, 0.25) is 0 Å². The third kappa shape index (κ3) is 3.86. The summed E-state index contributed by atoms with van der Waals surface area (Å²) in [5.41, 5.74) is 2.54. The summed E-state index contributed by atoms with van der Waals surface area (Å²) < 4.78 is 0. The van der Waals surface area contributed by atoms with Crippen molar-refractivity contribution in [3.63, 3.8) is 0 Å². The Hall–Kier alpha value is -1.79. The van der Waals surface area contributed by atoms with Crippen molar-refractivity contribution < 1.29 is 9.90 Å². The number of rotatable bonds is 2. The van der Waals surface area contributed by atoms with Crippen molar-refractivity contribution in [2.24, 2.45) is 5.92 Å². The first-order valence-electron chi connectivity index (χ1n) is 7.65. The summed E-state index contributed by atoms with van der Waals surface area (Å²) in [6.45, 7) is 5.69. The van der Waals surface area contributed by atoms with E-state index in [0.717, 1.165) is 37.1 Å². The number of aliphatic hydroxyl groups excluding tert-OH is 1. The van der Waals surface area contributed by atoms with Gasteiger partial charge in [-0.3, -0.25) is 4.79 Å². The quantitative estimate of drug-likeness (QED) is 0.849. The van der Waals surface area contributed by atoms with E-state index in [1.165, 1.54) is 6.42 Å². The first-order chi connectivity index (χ1) is 10.2. The zero-order valence-corrected chi connectivity index (χ0v) is 12.9. The third-order valence-corrected chi connectivity index (χ3v) is 4.17. The molecule has 21 heavy (non-hydrogen) atoms. The number of carbonyl (C=O) groups excluding carboxylic acids is 1. The molecule has 1 atom stereocenters. The highest BCUT2D eigenvalue weighted by molar-refractivity contribution is 5.94. The van der Waals surface area contributed by atoms with E-state index < -0.39 is 0 Å². The maximum atomic E-state index is 12.6. The lowest BCUT2D eigenvalue weighted by Crippen LogP contribution is -2.39. The van der Waals surface area contributed by atoms with E-state index in [1.54, 1.807) is 0 Å². The topological polar surface area (TPSA) is 40.5 Å². The van der Waals surface area contributed by atoms with Crippen molar-refractivity contribution in [1.82, 2.24) is 4.90 Å². The molecule has 1 aliphatic heterocycles. The standard InChI is InChI=1S/C18H23NO2/c1-3-15-6-4-10-19(13-15)18(21)17-9-8-14(2)16(12-17)7-5-11-20/h8-9,12,15,20H,3-4,6,10-11,13H2,1-2H3. The molecule has 1 fully saturated rings. The number of hydrogen-bond donors (Lipinski definition) is 1. The average Bonchev–Trinajstić information content (AvgIpc) is 2.53. The molecule has 1 aromatic rings. The van der Waals surface area contributed by atoms with Crippen LogP contribution in [0.1, 0.15) is 47.7 Å². The van der Waals surface area contributed by atoms with Crippen LogP contribution < -0.4 is 0 Å². The van der Waals surface area contributed by atoms with E-state index >= 15 is 0 Å². The van der Waals surface area contributed by atoms with Crippen LogP contribution >= 0.6 is 0 Å². The Balaban J connectivity index is 2.19. The predicted octanol–water partition coefficient (Wildman–Crippen LogP) is 2.60. The van der Waals surface area contributed by atoms with Crippen LogP contribution in [-0.2, 0) is 0 Å². The molecule has 1 unspecified atom stereocenters. The van der Waals surface area contributed by atoms with Crippen molar-refractivity contribution in [1.29, 1.82) is 0 Å². The van der Waals surface area contributed by atoms with Crippen molar-refractivity contribution in [3.05, 3.63) is 34.9 Å². The van der Waals surface area contributed by atoms with Crippen LogP contribution in [0.15, 0.2) is 18.2 Å². The van der Waals surface area contributed by atoms with Gasteiger partial charge in [0.25, 0.3) is 5.91 Å². The molecule has 1 aromatic carbocycles. The van der Waals surface area contributed by atoms with Crippen LogP contribution in [0.3, 0.4) is 0 Å². The lowest BCUT2D eigenvalue weighted by Gasteiger charge is -2.32. The predicted molar refractivity (Wildman–Crippen MR) is 84.1 cm³/mol. The molecule has 0 radical (unpaired) electrons. The molecule has 1 saturated heterocycles. The zero-order chi connectivity index (χ0) is 15.2. The number of likely N-dealkylation sites (tertiary alicyclic amines) is 1. The molecule has 0 spiro atoms. The van der Waals surface area contributed by atoms with E-state index in [1.807, 2.05) is 30.0 Å². The first kappa shape index (κ1) is 15.6. The molecule has 0 aromatic heterocycles. The Morgan fingerprint density at radius 2 is 2.29 bits per heavy atom. The minimum Gasteiger partial charge on any atom is -0.384 e. The molecule has 2 rings (SSSR count). The van der Waals surface area contributed by atoms with Gasteiger partial charge in [0.15, 0.2) is 0 Å². The summed E-state index contributed by atoms with van der Waals surface area (Å²) in [5, 5.41) is 8.81. The van der Waals surface area contributed by atoms with Gasteiger partial charge >= 0.3 is 0 Å². The fourth-order valence-corrected chi connectivity index (χ4v) is 2.79. The third-order valence-electron chi connectivity index (χ3n) is 4.17. The molecule has 0 bridgehead atoms. The maximum Gasteiger partial charge on any atom is 0.253 e. The highest BCUT2D eigenvalue weighted by Crippen LogP contribution is 2.21. The Labute approximate surface area is 127 Å². The van der Waals surface area contributed by atoms with Crippen LogP contribution in [0, 0.1) is 24.7 Å². The van der Waals surface area contributed by atoms with Crippen LogP contribution in [0.25, 0.3) is 0 Å². The smallest absolute Gasteiger partial charge is 0.253 e. The van der Waals surface area contributed by atoms with Crippen molar-refractivity contribution in [2.45, 2.75) is 33.1 Å². The van der Waals surface area contributed by atoms with Gasteiger partial charge in [-0.2, -0.15) is 0 Å². The van der Waals surface area contributed by atoms with Gasteiger partial charge < -0.3 is 10.0 Å². The second-order valence-corrected chi connectivity index (χ2v) is 5.66. The SMILES string of the molecule is CCC1CCCN(C(=O)c2ccc(C)c(C#CCO)c2)C1. The Bertz CT molecular complexity index is 568. The normalized spacial score (nSPS) is 18.0. The summed E-state index contributed by atoms with van der Waals surface area (Å²) in [6.07, 6.45) is 3.44. The molecule has 3 heteroatoms. The van der Waals surface area contributed by atoms with Crippen LogP contribution in [-0.4, -0.2) is 35.6 Å². The van der Waals surface area contributed by atoms with Crippen molar-refractivity contribution >= 4 is 5.91 Å². The van der Waals surface area contributed by atoms with E-state index in [-0.39, 0.29) is 12.5 Å². The number of aliphatic hydroxyl groups is 1. The average molecular weight is 285 g/mol. The number of aryl methyl sites for hydroxylation is 1. The minimum absolute atomic E-state index is 0.0974. The molecule has 3 nitrogen and oxygen atoms in total. The molecule has 1 aliphatic rings. The van der Waals surface area contributed by atoms with E-state index in [0.29, 0.717) is 11.5 Å². The summed E-state index contributed by atoms with van der Waals surface area (Å²) in [5.74, 6) is 6.28. The molecule has 0 aliphatic carbocycles. The van der Waals surface area contributed by atoms with Crippen molar-refractivity contribution in [2.75, 3.05) is 19.7 Å². The number of piperidine rings is 1. The molecule has 1 heterocycles. The van der Waals surface area contributed by atoms with Gasteiger partial charge in [-0.05, 0) is 43.4 Å². The number of nitrogens with zero attached hydrogens (tertiary/aromatic N) is 1. The first-order valence-corrected chi connectivity index (χ1v) is 7.65. The zero-order valence-electron chi connectivity index (χ0n) is 12.9. The van der Waals surface area contributed by atoms with Gasteiger partial charge in [0.1, 0.15) is 6.61 Å². The maximum absolute atomic E-state index is 12.6. The Kier molecular flexibility index (Phi) is 5.41. The summed E-state index contributed by atoms with van der Waals surface area (Å²) in [7, 11) is 0. The lowest BCUT2D eigenvalue weighted by atomic mass is 9.95. The highest BCUT2D eigenvalue weighted by Gasteiger charge is 2.23. The number of amides is 1.